The predicted molar refractivity (Wildman–Crippen MR) is 71.9 cm³/mol. The van der Waals surface area contributed by atoms with Crippen LogP contribution in [0.1, 0.15) is 10.4 Å². The molecule has 0 aliphatic heterocycles. The second-order valence-electron chi connectivity index (χ2n) is 3.94. The minimum Gasteiger partial charge on any atom is -0.298 e. The Morgan fingerprint density at radius 3 is 1.82 bits per heavy atom. The second-order valence-corrected chi connectivity index (χ2v) is 4.31. The van der Waals surface area contributed by atoms with Crippen LogP contribution in [0.15, 0.2) is 48.5 Å². The Hall–Kier alpha value is -1.86. The Labute approximate surface area is 104 Å². The van der Waals surface area contributed by atoms with Gasteiger partial charge in [0, 0.05) is 10.9 Å². The first-order valence-electron chi connectivity index (χ1n) is 5.37. The summed E-state index contributed by atoms with van der Waals surface area (Å²) in [5.74, 6) is 0. The van der Waals surface area contributed by atoms with Crippen molar-refractivity contribution in [3.05, 3.63) is 59.1 Å². The van der Waals surface area contributed by atoms with Crippen LogP contribution >= 0.6 is 11.6 Å². The summed E-state index contributed by atoms with van der Waals surface area (Å²) in [6, 6.07) is 15.7. The Morgan fingerprint density at radius 2 is 1.24 bits per heavy atom. The Balaban J connectivity index is 2.68. The molecule has 0 bridgehead atoms. The second kappa shape index (κ2) is 3.86. The van der Waals surface area contributed by atoms with Crippen LogP contribution in [0.3, 0.4) is 0 Å². The van der Waals surface area contributed by atoms with Crippen molar-refractivity contribution in [1.29, 1.82) is 0 Å². The zero-order valence-corrected chi connectivity index (χ0v) is 9.74. The molecule has 1 nitrogen and oxygen atoms in total. The monoisotopic (exact) mass is 240 g/mol. The van der Waals surface area contributed by atoms with E-state index >= 15 is 0 Å². The summed E-state index contributed by atoms with van der Waals surface area (Å²) in [5, 5.41) is 4.52. The van der Waals surface area contributed by atoms with Gasteiger partial charge in [-0.25, -0.2) is 0 Å². The van der Waals surface area contributed by atoms with Crippen LogP contribution in [0.4, 0.5) is 0 Å². The summed E-state index contributed by atoms with van der Waals surface area (Å²) in [6.07, 6.45) is 0.830. The van der Waals surface area contributed by atoms with E-state index < -0.39 is 0 Å². The molecule has 0 heterocycles. The summed E-state index contributed by atoms with van der Waals surface area (Å²) in [6.45, 7) is 0. The van der Waals surface area contributed by atoms with Crippen LogP contribution in [0, 0.1) is 0 Å². The summed E-state index contributed by atoms with van der Waals surface area (Å²) in [5.41, 5.74) is 0.570. The largest absolute Gasteiger partial charge is 0.298 e. The standard InChI is InChI=1S/C15H9ClO/c16-15-13-8-4-3-6-11(13)10-5-1-2-7-12(10)14(15)9-17/h1-9H. The van der Waals surface area contributed by atoms with Gasteiger partial charge in [0.15, 0.2) is 6.29 Å². The minimum atomic E-state index is 0.536. The number of rotatable bonds is 1. The third-order valence-corrected chi connectivity index (χ3v) is 3.43. The molecule has 3 rings (SSSR count). The lowest BCUT2D eigenvalue weighted by molar-refractivity contribution is 0.112. The van der Waals surface area contributed by atoms with E-state index in [-0.39, 0.29) is 0 Å². The van der Waals surface area contributed by atoms with Gasteiger partial charge < -0.3 is 0 Å². The highest BCUT2D eigenvalue weighted by atomic mass is 35.5. The van der Waals surface area contributed by atoms with E-state index in [2.05, 4.69) is 0 Å². The fourth-order valence-electron chi connectivity index (χ4n) is 2.24. The molecule has 0 aliphatic carbocycles. The fraction of sp³-hybridized carbons (Fsp3) is 0. The average molecular weight is 241 g/mol. The van der Waals surface area contributed by atoms with Crippen LogP contribution in [0.2, 0.25) is 5.02 Å². The SMILES string of the molecule is O=Cc1c(Cl)c2ccccc2c2ccccc12. The zero-order chi connectivity index (χ0) is 11.8. The number of carbonyl (C=O) groups is 1. The van der Waals surface area contributed by atoms with Crippen LogP contribution < -0.4 is 0 Å². The third-order valence-electron chi connectivity index (χ3n) is 3.03. The van der Waals surface area contributed by atoms with Crippen molar-refractivity contribution < 1.29 is 4.79 Å². The van der Waals surface area contributed by atoms with Gasteiger partial charge in [-0.1, -0.05) is 60.1 Å². The molecule has 0 spiro atoms. The van der Waals surface area contributed by atoms with E-state index in [1.165, 1.54) is 0 Å². The number of fused-ring (bicyclic) bond motifs is 3. The fourth-order valence-corrected chi connectivity index (χ4v) is 2.55. The molecule has 0 aromatic heterocycles. The molecule has 3 aromatic rings. The summed E-state index contributed by atoms with van der Waals surface area (Å²) < 4.78 is 0. The Morgan fingerprint density at radius 1 is 0.765 bits per heavy atom. The number of carbonyl (C=O) groups excluding carboxylic acids is 1. The molecule has 0 amide bonds. The highest BCUT2D eigenvalue weighted by Gasteiger charge is 2.11. The van der Waals surface area contributed by atoms with Crippen molar-refractivity contribution in [2.75, 3.05) is 0 Å². The van der Waals surface area contributed by atoms with Gasteiger partial charge in [0.25, 0.3) is 0 Å². The first kappa shape index (κ1) is 10.3. The van der Waals surface area contributed by atoms with E-state index in [1.54, 1.807) is 0 Å². The van der Waals surface area contributed by atoms with Crippen molar-refractivity contribution in [3.8, 4) is 0 Å². The van der Waals surface area contributed by atoms with Gasteiger partial charge in [0.2, 0.25) is 0 Å². The van der Waals surface area contributed by atoms with Gasteiger partial charge >= 0.3 is 0 Å². The van der Waals surface area contributed by atoms with Gasteiger partial charge in [0.05, 0.1) is 5.02 Å². The maximum absolute atomic E-state index is 11.2. The molecule has 82 valence electrons. The van der Waals surface area contributed by atoms with Crippen molar-refractivity contribution >= 4 is 39.4 Å². The normalized spacial score (nSPS) is 10.9. The molecule has 3 aromatic carbocycles. The number of benzene rings is 3. The van der Waals surface area contributed by atoms with Crippen molar-refractivity contribution in [1.82, 2.24) is 0 Å². The summed E-state index contributed by atoms with van der Waals surface area (Å²) >= 11 is 6.29. The molecule has 0 saturated heterocycles. The summed E-state index contributed by atoms with van der Waals surface area (Å²) in [7, 11) is 0. The van der Waals surface area contributed by atoms with E-state index in [0.29, 0.717) is 10.6 Å². The highest BCUT2D eigenvalue weighted by molar-refractivity contribution is 6.40. The van der Waals surface area contributed by atoms with Crippen LogP contribution in [-0.4, -0.2) is 6.29 Å². The molecular weight excluding hydrogens is 232 g/mol. The first-order valence-corrected chi connectivity index (χ1v) is 5.75. The van der Waals surface area contributed by atoms with Gasteiger partial charge in [-0.05, 0) is 16.2 Å². The number of hydrogen-bond donors (Lipinski definition) is 0. The molecule has 0 N–H and O–H groups in total. The predicted octanol–water partition coefficient (Wildman–Crippen LogP) is 4.46. The maximum atomic E-state index is 11.2. The van der Waals surface area contributed by atoms with Crippen molar-refractivity contribution in [3.63, 3.8) is 0 Å². The number of hydrogen-bond acceptors (Lipinski definition) is 1. The zero-order valence-electron chi connectivity index (χ0n) is 8.98. The Kier molecular flexibility index (Phi) is 2.34. The molecule has 0 atom stereocenters. The van der Waals surface area contributed by atoms with Crippen LogP contribution in [0.25, 0.3) is 21.5 Å². The molecule has 0 fully saturated rings. The lowest BCUT2D eigenvalue weighted by Gasteiger charge is -2.09. The van der Waals surface area contributed by atoms with Gasteiger partial charge in [-0.2, -0.15) is 0 Å². The molecule has 0 saturated carbocycles. The molecule has 0 aliphatic rings. The van der Waals surface area contributed by atoms with Gasteiger partial charge in [-0.15, -0.1) is 0 Å². The molecule has 2 heteroatoms. The van der Waals surface area contributed by atoms with E-state index in [4.69, 9.17) is 11.6 Å². The minimum absolute atomic E-state index is 0.536. The lowest BCUT2D eigenvalue weighted by Crippen LogP contribution is -1.88. The molecular formula is C15H9ClO. The van der Waals surface area contributed by atoms with Crippen molar-refractivity contribution in [2.24, 2.45) is 0 Å². The van der Waals surface area contributed by atoms with Gasteiger partial charge in [0.1, 0.15) is 0 Å². The lowest BCUT2D eigenvalue weighted by atomic mass is 9.98. The van der Waals surface area contributed by atoms with Crippen LogP contribution in [0.5, 0.6) is 0 Å². The van der Waals surface area contributed by atoms with E-state index in [9.17, 15) is 4.79 Å². The van der Waals surface area contributed by atoms with E-state index in [1.807, 2.05) is 48.5 Å². The Bertz CT molecular complexity index is 731. The molecule has 0 unspecified atom stereocenters. The maximum Gasteiger partial charge on any atom is 0.152 e. The number of aldehydes is 1. The number of halogens is 1. The average Bonchev–Trinajstić information content (AvgIpc) is 2.40. The molecule has 17 heavy (non-hydrogen) atoms. The topological polar surface area (TPSA) is 17.1 Å². The third kappa shape index (κ3) is 1.43. The first-order chi connectivity index (χ1) is 8.33. The molecule has 0 radical (unpaired) electrons. The quantitative estimate of drug-likeness (QED) is 0.453. The smallest absolute Gasteiger partial charge is 0.152 e. The highest BCUT2D eigenvalue weighted by Crippen LogP contribution is 2.34. The van der Waals surface area contributed by atoms with Gasteiger partial charge in [-0.3, -0.25) is 4.79 Å². The van der Waals surface area contributed by atoms with E-state index in [0.717, 1.165) is 27.8 Å². The van der Waals surface area contributed by atoms with Crippen LogP contribution in [-0.2, 0) is 0 Å². The van der Waals surface area contributed by atoms with Crippen molar-refractivity contribution in [2.45, 2.75) is 0 Å². The summed E-state index contributed by atoms with van der Waals surface area (Å²) in [4.78, 5) is 11.2.